The topological polar surface area (TPSA) is 91.1 Å². The average Bonchev–Trinajstić information content (AvgIpc) is 3.29. The number of phenols is 1. The van der Waals surface area contributed by atoms with Crippen molar-refractivity contribution >= 4 is 17.5 Å². The van der Waals surface area contributed by atoms with Crippen molar-refractivity contribution in [2.24, 2.45) is 0 Å². The van der Waals surface area contributed by atoms with Crippen LogP contribution in [-0.4, -0.2) is 47.3 Å². The van der Waals surface area contributed by atoms with Crippen molar-refractivity contribution in [2.75, 3.05) is 36.5 Å². The van der Waals surface area contributed by atoms with Crippen LogP contribution in [0.2, 0.25) is 0 Å². The number of amides is 2. The molecule has 2 aromatic heterocycles. The zero-order valence-electron chi connectivity index (χ0n) is 16.5. The van der Waals surface area contributed by atoms with Crippen LogP contribution in [0.4, 0.5) is 16.3 Å². The van der Waals surface area contributed by atoms with Crippen LogP contribution in [0.3, 0.4) is 0 Å². The summed E-state index contributed by atoms with van der Waals surface area (Å²) < 4.78 is 10.8. The number of ether oxygens (including phenoxy) is 1. The van der Waals surface area contributed by atoms with Gasteiger partial charge in [0.05, 0.1) is 37.9 Å². The number of carbonyl (C=O) groups is 1. The lowest BCUT2D eigenvalue weighted by Gasteiger charge is -2.28. The minimum atomic E-state index is -0.264. The molecule has 3 heterocycles. The Morgan fingerprint density at radius 3 is 2.57 bits per heavy atom. The number of aromatic nitrogens is 1. The summed E-state index contributed by atoms with van der Waals surface area (Å²) in [4.78, 5) is 21.2. The number of phenolic OH excluding ortho intramolecular Hbond substituents is 1. The van der Waals surface area contributed by atoms with E-state index < -0.39 is 0 Å². The number of aromatic hydroxyl groups is 1. The average molecular weight is 408 g/mol. The van der Waals surface area contributed by atoms with Crippen molar-refractivity contribution in [3.8, 4) is 5.75 Å². The molecule has 0 aliphatic carbocycles. The Hall–Kier alpha value is -3.52. The molecule has 0 radical (unpaired) electrons. The van der Waals surface area contributed by atoms with E-state index in [-0.39, 0.29) is 11.8 Å². The van der Waals surface area contributed by atoms with Gasteiger partial charge in [0.2, 0.25) is 0 Å². The summed E-state index contributed by atoms with van der Waals surface area (Å²) >= 11 is 0. The summed E-state index contributed by atoms with van der Waals surface area (Å²) in [5.74, 6) is 1.74. The van der Waals surface area contributed by atoms with Gasteiger partial charge < -0.3 is 29.4 Å². The fraction of sp³-hybridized carbons (Fsp3) is 0.273. The molecule has 8 heteroatoms. The zero-order chi connectivity index (χ0) is 20.8. The molecule has 0 saturated carbocycles. The number of benzene rings is 1. The first-order valence-corrected chi connectivity index (χ1v) is 9.82. The smallest absolute Gasteiger partial charge is 0.322 e. The van der Waals surface area contributed by atoms with Crippen molar-refractivity contribution in [3.05, 3.63) is 72.3 Å². The van der Waals surface area contributed by atoms with Crippen LogP contribution in [0.1, 0.15) is 11.3 Å². The second kappa shape index (κ2) is 9.32. The predicted molar refractivity (Wildman–Crippen MR) is 112 cm³/mol. The summed E-state index contributed by atoms with van der Waals surface area (Å²) in [6.07, 6.45) is 3.24. The maximum atomic E-state index is 13.0. The normalized spacial score (nSPS) is 13.8. The van der Waals surface area contributed by atoms with Gasteiger partial charge in [-0.2, -0.15) is 0 Å². The number of rotatable bonds is 6. The van der Waals surface area contributed by atoms with E-state index in [0.717, 1.165) is 24.5 Å². The van der Waals surface area contributed by atoms with Crippen LogP contribution in [0.15, 0.2) is 65.4 Å². The van der Waals surface area contributed by atoms with E-state index in [4.69, 9.17) is 9.15 Å². The van der Waals surface area contributed by atoms with Crippen LogP contribution in [0.5, 0.6) is 5.75 Å². The second-order valence-corrected chi connectivity index (χ2v) is 7.04. The van der Waals surface area contributed by atoms with E-state index in [1.165, 1.54) is 0 Å². The standard InChI is InChI=1S/C22H24N4O4/c27-19-6-3-17(4-7-19)15-26(16-20-2-1-11-30-20)22(28)24-18-5-8-21(23-14-18)25-9-12-29-13-10-25/h1-8,11,14,27H,9-10,12-13,15-16H2,(H,24,28). The summed E-state index contributed by atoms with van der Waals surface area (Å²) in [5, 5.41) is 12.4. The van der Waals surface area contributed by atoms with Crippen molar-refractivity contribution < 1.29 is 19.1 Å². The maximum absolute atomic E-state index is 13.0. The van der Waals surface area contributed by atoms with E-state index in [9.17, 15) is 9.90 Å². The molecule has 1 aliphatic heterocycles. The van der Waals surface area contributed by atoms with Crippen molar-refractivity contribution in [2.45, 2.75) is 13.1 Å². The number of nitrogens with zero attached hydrogens (tertiary/aromatic N) is 3. The fourth-order valence-corrected chi connectivity index (χ4v) is 3.25. The van der Waals surface area contributed by atoms with E-state index in [2.05, 4.69) is 15.2 Å². The quantitative estimate of drug-likeness (QED) is 0.649. The third kappa shape index (κ3) is 5.09. The Morgan fingerprint density at radius 2 is 1.90 bits per heavy atom. The van der Waals surface area contributed by atoms with Gasteiger partial charge in [0, 0.05) is 19.6 Å². The molecule has 156 valence electrons. The lowest BCUT2D eigenvalue weighted by atomic mass is 10.2. The van der Waals surface area contributed by atoms with Gasteiger partial charge in [0.25, 0.3) is 0 Å². The van der Waals surface area contributed by atoms with E-state index in [1.54, 1.807) is 47.7 Å². The summed E-state index contributed by atoms with van der Waals surface area (Å²) in [5.41, 5.74) is 1.52. The molecule has 30 heavy (non-hydrogen) atoms. The maximum Gasteiger partial charge on any atom is 0.322 e. The number of morpholine rings is 1. The molecule has 4 rings (SSSR count). The van der Waals surface area contributed by atoms with Crippen molar-refractivity contribution in [1.29, 1.82) is 0 Å². The third-order valence-corrected chi connectivity index (χ3v) is 4.86. The lowest BCUT2D eigenvalue weighted by molar-refractivity contribution is 0.122. The molecule has 3 aromatic rings. The largest absolute Gasteiger partial charge is 0.508 e. The highest BCUT2D eigenvalue weighted by molar-refractivity contribution is 5.89. The molecule has 0 spiro atoms. The van der Waals surface area contributed by atoms with Crippen molar-refractivity contribution in [1.82, 2.24) is 9.88 Å². The molecule has 2 N–H and O–H groups in total. The predicted octanol–water partition coefficient (Wildman–Crippen LogP) is 3.45. The van der Waals surface area contributed by atoms with E-state index in [0.29, 0.717) is 37.8 Å². The molecule has 0 bridgehead atoms. The molecular weight excluding hydrogens is 384 g/mol. The molecule has 8 nitrogen and oxygen atoms in total. The van der Waals surface area contributed by atoms with Gasteiger partial charge in [-0.15, -0.1) is 0 Å². The molecule has 1 aliphatic rings. The number of urea groups is 1. The van der Waals surface area contributed by atoms with Gasteiger partial charge in [0.1, 0.15) is 17.3 Å². The van der Waals surface area contributed by atoms with Crippen LogP contribution in [-0.2, 0) is 17.8 Å². The molecular formula is C22H24N4O4. The highest BCUT2D eigenvalue weighted by Gasteiger charge is 2.17. The SMILES string of the molecule is O=C(Nc1ccc(N2CCOCC2)nc1)N(Cc1ccc(O)cc1)Cc1ccco1. The first-order chi connectivity index (χ1) is 14.7. The fourth-order valence-electron chi connectivity index (χ4n) is 3.25. The Labute approximate surface area is 174 Å². The monoisotopic (exact) mass is 408 g/mol. The van der Waals surface area contributed by atoms with Crippen LogP contribution in [0, 0.1) is 0 Å². The molecule has 0 unspecified atom stereocenters. The Kier molecular flexibility index (Phi) is 6.14. The van der Waals surface area contributed by atoms with Gasteiger partial charge in [0.15, 0.2) is 0 Å². The Bertz CT molecular complexity index is 936. The first kappa shape index (κ1) is 19.8. The minimum Gasteiger partial charge on any atom is -0.508 e. The summed E-state index contributed by atoms with van der Waals surface area (Å²) in [6.45, 7) is 3.69. The van der Waals surface area contributed by atoms with Crippen LogP contribution in [0.25, 0.3) is 0 Å². The number of nitrogens with one attached hydrogen (secondary N) is 1. The number of pyridine rings is 1. The van der Waals surface area contributed by atoms with Crippen LogP contribution >= 0.6 is 0 Å². The second-order valence-electron chi connectivity index (χ2n) is 7.04. The number of carbonyl (C=O) groups excluding carboxylic acids is 1. The van der Waals surface area contributed by atoms with E-state index >= 15 is 0 Å². The third-order valence-electron chi connectivity index (χ3n) is 4.86. The van der Waals surface area contributed by atoms with E-state index in [1.807, 2.05) is 18.2 Å². The number of hydrogen-bond donors (Lipinski definition) is 2. The number of hydrogen-bond acceptors (Lipinski definition) is 6. The zero-order valence-corrected chi connectivity index (χ0v) is 16.5. The van der Waals surface area contributed by atoms with Gasteiger partial charge in [-0.3, -0.25) is 0 Å². The number of furan rings is 1. The summed E-state index contributed by atoms with van der Waals surface area (Å²) in [7, 11) is 0. The molecule has 1 saturated heterocycles. The molecule has 1 fully saturated rings. The highest BCUT2D eigenvalue weighted by Crippen LogP contribution is 2.18. The van der Waals surface area contributed by atoms with Crippen LogP contribution < -0.4 is 10.2 Å². The van der Waals surface area contributed by atoms with Crippen molar-refractivity contribution in [3.63, 3.8) is 0 Å². The Morgan fingerprint density at radius 1 is 1.10 bits per heavy atom. The van der Waals surface area contributed by atoms with Gasteiger partial charge in [-0.25, -0.2) is 9.78 Å². The van der Waals surface area contributed by atoms with Gasteiger partial charge in [-0.05, 0) is 42.0 Å². The first-order valence-electron chi connectivity index (χ1n) is 9.82. The minimum absolute atomic E-state index is 0.187. The Balaban J connectivity index is 1.44. The van der Waals surface area contributed by atoms with Gasteiger partial charge >= 0.3 is 6.03 Å². The highest BCUT2D eigenvalue weighted by atomic mass is 16.5. The van der Waals surface area contributed by atoms with Gasteiger partial charge in [-0.1, -0.05) is 12.1 Å². The lowest BCUT2D eigenvalue weighted by Crippen LogP contribution is -2.36. The number of anilines is 2. The molecule has 2 amide bonds. The molecule has 0 atom stereocenters. The summed E-state index contributed by atoms with van der Waals surface area (Å²) in [6, 6.07) is 13.9. The molecule has 1 aromatic carbocycles.